The van der Waals surface area contributed by atoms with E-state index < -0.39 is 24.6 Å². The lowest BCUT2D eigenvalue weighted by Crippen LogP contribution is -2.21. The maximum Gasteiger partial charge on any atom is 0.306 e. The average molecular weight is 269 g/mol. The quantitative estimate of drug-likeness (QED) is 0.644. The van der Waals surface area contributed by atoms with Crippen molar-refractivity contribution in [2.75, 3.05) is 0 Å². The smallest absolute Gasteiger partial charge is 0.306 e. The SMILES string of the molecule is O=C(O)CC(O)C(O)c1ccc2[nH]c(=O)sc2c1. The molecule has 0 aliphatic carbocycles. The number of carbonyl (C=O) groups is 1. The Hall–Kier alpha value is -1.70. The van der Waals surface area contributed by atoms with Crippen molar-refractivity contribution in [3.8, 4) is 0 Å². The Bertz CT molecular complexity index is 632. The summed E-state index contributed by atoms with van der Waals surface area (Å²) in [5, 5.41) is 27.9. The Morgan fingerprint density at radius 2 is 2.11 bits per heavy atom. The number of nitrogens with one attached hydrogen (secondary N) is 1. The zero-order chi connectivity index (χ0) is 13.3. The van der Waals surface area contributed by atoms with Gasteiger partial charge in [0.1, 0.15) is 6.10 Å². The third kappa shape index (κ3) is 2.58. The van der Waals surface area contributed by atoms with Gasteiger partial charge in [-0.15, -0.1) is 0 Å². The van der Waals surface area contributed by atoms with Crippen LogP contribution in [0.5, 0.6) is 0 Å². The van der Waals surface area contributed by atoms with Gasteiger partial charge in [0.05, 0.1) is 22.7 Å². The highest BCUT2D eigenvalue weighted by atomic mass is 32.1. The molecule has 1 aromatic carbocycles. The zero-order valence-corrected chi connectivity index (χ0v) is 9.98. The van der Waals surface area contributed by atoms with Crippen LogP contribution in [0.3, 0.4) is 0 Å². The highest BCUT2D eigenvalue weighted by Gasteiger charge is 2.21. The first-order valence-corrected chi connectivity index (χ1v) is 5.99. The molecule has 96 valence electrons. The van der Waals surface area contributed by atoms with Crippen molar-refractivity contribution in [3.05, 3.63) is 33.4 Å². The number of H-pyrrole nitrogens is 1. The van der Waals surface area contributed by atoms with Crippen molar-refractivity contribution < 1.29 is 20.1 Å². The van der Waals surface area contributed by atoms with Gasteiger partial charge >= 0.3 is 10.8 Å². The van der Waals surface area contributed by atoms with E-state index in [4.69, 9.17) is 5.11 Å². The topological polar surface area (TPSA) is 111 Å². The van der Waals surface area contributed by atoms with E-state index in [9.17, 15) is 19.8 Å². The second-order valence-corrected chi connectivity index (χ2v) is 4.89. The van der Waals surface area contributed by atoms with Gasteiger partial charge < -0.3 is 20.3 Å². The molecular formula is C11H11NO5S. The van der Waals surface area contributed by atoms with E-state index >= 15 is 0 Å². The van der Waals surface area contributed by atoms with Crippen molar-refractivity contribution in [1.82, 2.24) is 4.98 Å². The van der Waals surface area contributed by atoms with Crippen LogP contribution in [-0.4, -0.2) is 32.4 Å². The molecule has 0 spiro atoms. The summed E-state index contributed by atoms with van der Waals surface area (Å²) in [5.74, 6) is -1.19. The van der Waals surface area contributed by atoms with Crippen LogP contribution >= 0.6 is 11.3 Å². The second kappa shape index (κ2) is 4.89. The molecule has 2 atom stereocenters. The van der Waals surface area contributed by atoms with Crippen molar-refractivity contribution in [3.63, 3.8) is 0 Å². The Morgan fingerprint density at radius 3 is 2.78 bits per heavy atom. The monoisotopic (exact) mass is 269 g/mol. The molecule has 2 rings (SSSR count). The van der Waals surface area contributed by atoms with Gasteiger partial charge in [-0.05, 0) is 17.7 Å². The number of hydrogen-bond donors (Lipinski definition) is 4. The van der Waals surface area contributed by atoms with Crippen LogP contribution < -0.4 is 4.87 Å². The molecule has 1 heterocycles. The number of fused-ring (bicyclic) bond motifs is 1. The van der Waals surface area contributed by atoms with Crippen LogP contribution in [0.1, 0.15) is 18.1 Å². The predicted molar refractivity (Wildman–Crippen MR) is 65.7 cm³/mol. The number of aromatic nitrogens is 1. The van der Waals surface area contributed by atoms with Gasteiger partial charge in [-0.2, -0.15) is 0 Å². The minimum absolute atomic E-state index is 0.206. The molecule has 0 radical (unpaired) electrons. The summed E-state index contributed by atoms with van der Waals surface area (Å²) in [5.41, 5.74) is 1.03. The number of benzene rings is 1. The average Bonchev–Trinajstić information content (AvgIpc) is 2.65. The molecule has 4 N–H and O–H groups in total. The first kappa shape index (κ1) is 12.7. The van der Waals surface area contributed by atoms with Crippen LogP contribution in [0.2, 0.25) is 0 Å². The number of hydrogen-bond acceptors (Lipinski definition) is 5. The predicted octanol–water partition coefficient (Wildman–Crippen LogP) is 0.459. The zero-order valence-electron chi connectivity index (χ0n) is 9.16. The Morgan fingerprint density at radius 1 is 1.39 bits per heavy atom. The summed E-state index contributed by atoms with van der Waals surface area (Å²) in [6.45, 7) is 0. The number of aliphatic carboxylic acids is 1. The van der Waals surface area contributed by atoms with E-state index in [0.29, 0.717) is 15.8 Å². The van der Waals surface area contributed by atoms with Crippen molar-refractivity contribution >= 4 is 27.5 Å². The lowest BCUT2D eigenvalue weighted by atomic mass is 10.0. The molecule has 6 nitrogen and oxygen atoms in total. The fourth-order valence-corrected chi connectivity index (χ4v) is 2.44. The summed E-state index contributed by atoms with van der Waals surface area (Å²) < 4.78 is 0.652. The van der Waals surface area contributed by atoms with E-state index in [1.807, 2.05) is 0 Å². The van der Waals surface area contributed by atoms with Crippen molar-refractivity contribution in [2.45, 2.75) is 18.6 Å². The van der Waals surface area contributed by atoms with Gasteiger partial charge in [0.25, 0.3) is 0 Å². The molecule has 1 aromatic heterocycles. The summed E-state index contributed by atoms with van der Waals surface area (Å²) in [6.07, 6.45) is -3.21. The minimum atomic E-state index is -1.38. The largest absolute Gasteiger partial charge is 0.481 e. The normalized spacial score (nSPS) is 14.6. The fraction of sp³-hybridized carbons (Fsp3) is 0.273. The fourth-order valence-electron chi connectivity index (χ4n) is 1.66. The standard InChI is InChI=1S/C11H11NO5S/c13-7(4-9(14)15)10(16)5-1-2-6-8(3-5)18-11(17)12-6/h1-3,7,10,13,16H,4H2,(H,12,17)(H,14,15). The van der Waals surface area contributed by atoms with Crippen LogP contribution in [0.15, 0.2) is 23.0 Å². The maximum absolute atomic E-state index is 11.1. The summed E-state index contributed by atoms with van der Waals surface area (Å²) in [4.78, 5) is 24.0. The lowest BCUT2D eigenvalue weighted by molar-refractivity contribution is -0.141. The van der Waals surface area contributed by atoms with Gasteiger partial charge in [0.2, 0.25) is 0 Å². The Balaban J connectivity index is 2.29. The molecule has 0 saturated heterocycles. The van der Waals surface area contributed by atoms with E-state index in [-0.39, 0.29) is 4.87 Å². The third-order valence-corrected chi connectivity index (χ3v) is 3.38. The van der Waals surface area contributed by atoms with Gasteiger partial charge in [-0.3, -0.25) is 9.59 Å². The van der Waals surface area contributed by atoms with E-state index in [1.165, 1.54) is 0 Å². The van der Waals surface area contributed by atoms with Crippen molar-refractivity contribution in [1.29, 1.82) is 0 Å². The minimum Gasteiger partial charge on any atom is -0.481 e. The van der Waals surface area contributed by atoms with E-state index in [2.05, 4.69) is 4.98 Å². The van der Waals surface area contributed by atoms with Gasteiger partial charge in [0.15, 0.2) is 0 Å². The van der Waals surface area contributed by atoms with E-state index in [0.717, 1.165) is 11.3 Å². The van der Waals surface area contributed by atoms with Crippen molar-refractivity contribution in [2.24, 2.45) is 0 Å². The maximum atomic E-state index is 11.1. The molecule has 2 aromatic rings. The molecule has 0 amide bonds. The summed E-state index contributed by atoms with van der Waals surface area (Å²) in [7, 11) is 0. The first-order chi connectivity index (χ1) is 8.47. The van der Waals surface area contributed by atoms with Crippen LogP contribution in [0.4, 0.5) is 0 Å². The number of aliphatic hydroxyl groups is 2. The number of carboxylic acids is 1. The van der Waals surface area contributed by atoms with Gasteiger partial charge in [0, 0.05) is 0 Å². The number of thiazole rings is 1. The third-order valence-electron chi connectivity index (χ3n) is 2.53. The molecule has 0 aliphatic rings. The van der Waals surface area contributed by atoms with E-state index in [1.54, 1.807) is 18.2 Å². The molecule has 0 fully saturated rings. The highest BCUT2D eigenvalue weighted by Crippen LogP contribution is 2.24. The Kier molecular flexibility index (Phi) is 3.46. The number of rotatable bonds is 4. The lowest BCUT2D eigenvalue weighted by Gasteiger charge is -2.16. The number of aromatic amines is 1. The van der Waals surface area contributed by atoms with Crippen LogP contribution in [0, 0.1) is 0 Å². The molecule has 0 bridgehead atoms. The van der Waals surface area contributed by atoms with Gasteiger partial charge in [-0.25, -0.2) is 0 Å². The molecule has 18 heavy (non-hydrogen) atoms. The van der Waals surface area contributed by atoms with Crippen LogP contribution in [0.25, 0.3) is 10.2 Å². The molecule has 2 unspecified atom stereocenters. The summed E-state index contributed by atoms with van der Waals surface area (Å²) >= 11 is 0.989. The molecule has 0 saturated carbocycles. The number of aliphatic hydroxyl groups excluding tert-OH is 2. The summed E-state index contributed by atoms with van der Waals surface area (Å²) in [6, 6.07) is 4.72. The second-order valence-electron chi connectivity index (χ2n) is 3.88. The first-order valence-electron chi connectivity index (χ1n) is 5.18. The Labute approximate surface area is 105 Å². The highest BCUT2D eigenvalue weighted by molar-refractivity contribution is 7.16. The number of carboxylic acid groups (broad SMARTS) is 1. The van der Waals surface area contributed by atoms with Crippen LogP contribution in [-0.2, 0) is 4.79 Å². The van der Waals surface area contributed by atoms with Gasteiger partial charge in [-0.1, -0.05) is 17.4 Å². The molecular weight excluding hydrogens is 258 g/mol. The molecule has 0 aliphatic heterocycles. The molecule has 7 heteroatoms.